The molecular formula is C15H22N2. The van der Waals surface area contributed by atoms with Crippen molar-refractivity contribution in [1.82, 2.24) is 5.43 Å². The molecule has 17 heavy (non-hydrogen) atoms. The molecule has 2 heteroatoms. The first kappa shape index (κ1) is 11.2. The molecule has 92 valence electrons. The highest BCUT2D eigenvalue weighted by molar-refractivity contribution is 5.34. The highest BCUT2D eigenvalue weighted by Gasteiger charge is 2.35. The van der Waals surface area contributed by atoms with Crippen LogP contribution in [0, 0.1) is 5.92 Å². The van der Waals surface area contributed by atoms with Crippen LogP contribution >= 0.6 is 0 Å². The Morgan fingerprint density at radius 3 is 2.65 bits per heavy atom. The Bertz CT molecular complexity index is 384. The summed E-state index contributed by atoms with van der Waals surface area (Å²) < 4.78 is 0. The van der Waals surface area contributed by atoms with E-state index in [-0.39, 0.29) is 0 Å². The summed E-state index contributed by atoms with van der Waals surface area (Å²) in [7, 11) is 0. The fourth-order valence-corrected chi connectivity index (χ4v) is 3.54. The van der Waals surface area contributed by atoms with Crippen molar-refractivity contribution in [1.29, 1.82) is 0 Å². The fraction of sp³-hybridized carbons (Fsp3) is 0.600. The third kappa shape index (κ3) is 2.00. The second-order valence-corrected chi connectivity index (χ2v) is 5.58. The van der Waals surface area contributed by atoms with Gasteiger partial charge in [0.05, 0.1) is 0 Å². The summed E-state index contributed by atoms with van der Waals surface area (Å²) in [5, 5.41) is 0. The number of nitrogens with two attached hydrogens (primary N) is 1. The van der Waals surface area contributed by atoms with Crippen LogP contribution in [0.5, 0.6) is 0 Å². The lowest BCUT2D eigenvalue weighted by Crippen LogP contribution is -2.48. The lowest BCUT2D eigenvalue weighted by molar-refractivity contribution is 0.195. The van der Waals surface area contributed by atoms with E-state index in [4.69, 9.17) is 5.84 Å². The van der Waals surface area contributed by atoms with Crippen molar-refractivity contribution in [2.45, 2.75) is 50.5 Å². The summed E-state index contributed by atoms with van der Waals surface area (Å²) in [6.07, 6.45) is 7.95. The number of benzene rings is 1. The molecule has 1 aromatic carbocycles. The highest BCUT2D eigenvalue weighted by atomic mass is 15.2. The van der Waals surface area contributed by atoms with E-state index in [1.165, 1.54) is 38.5 Å². The van der Waals surface area contributed by atoms with Crippen LogP contribution in [-0.4, -0.2) is 6.04 Å². The predicted molar refractivity (Wildman–Crippen MR) is 70.6 cm³/mol. The summed E-state index contributed by atoms with van der Waals surface area (Å²) in [6.45, 7) is 0. The van der Waals surface area contributed by atoms with Gasteiger partial charge in [-0.05, 0) is 49.1 Å². The Balaban J connectivity index is 1.87. The SMILES string of the molecule is NNC(C1CCC1)C1CCCc2ccccc21. The van der Waals surface area contributed by atoms with Gasteiger partial charge in [0.15, 0.2) is 0 Å². The van der Waals surface area contributed by atoms with Gasteiger partial charge in [-0.3, -0.25) is 11.3 Å². The quantitative estimate of drug-likeness (QED) is 0.619. The Kier molecular flexibility index (Phi) is 3.17. The summed E-state index contributed by atoms with van der Waals surface area (Å²) in [5.41, 5.74) is 6.21. The molecule has 0 aromatic heterocycles. The molecule has 2 atom stereocenters. The fourth-order valence-electron chi connectivity index (χ4n) is 3.54. The third-order valence-electron chi connectivity index (χ3n) is 4.70. The Morgan fingerprint density at radius 1 is 1.12 bits per heavy atom. The van der Waals surface area contributed by atoms with Crippen LogP contribution in [0.3, 0.4) is 0 Å². The van der Waals surface area contributed by atoms with E-state index in [1.54, 1.807) is 11.1 Å². The molecule has 0 bridgehead atoms. The third-order valence-corrected chi connectivity index (χ3v) is 4.70. The van der Waals surface area contributed by atoms with Crippen molar-refractivity contribution in [3.63, 3.8) is 0 Å². The number of fused-ring (bicyclic) bond motifs is 1. The molecule has 2 unspecified atom stereocenters. The van der Waals surface area contributed by atoms with Crippen LogP contribution in [0.2, 0.25) is 0 Å². The normalized spacial score (nSPS) is 26.1. The molecule has 2 nitrogen and oxygen atoms in total. The van der Waals surface area contributed by atoms with Crippen LogP contribution in [0.25, 0.3) is 0 Å². The second-order valence-electron chi connectivity index (χ2n) is 5.58. The average Bonchev–Trinajstić information content (AvgIpc) is 2.33. The zero-order valence-electron chi connectivity index (χ0n) is 10.4. The number of nitrogens with one attached hydrogen (secondary N) is 1. The van der Waals surface area contributed by atoms with Crippen LogP contribution in [0.4, 0.5) is 0 Å². The van der Waals surface area contributed by atoms with Crippen LogP contribution in [0.15, 0.2) is 24.3 Å². The minimum Gasteiger partial charge on any atom is -0.271 e. The molecule has 3 N–H and O–H groups in total. The first-order chi connectivity index (χ1) is 8.40. The predicted octanol–water partition coefficient (Wildman–Crippen LogP) is 2.74. The first-order valence-electron chi connectivity index (χ1n) is 6.94. The minimum absolute atomic E-state index is 0.491. The van der Waals surface area contributed by atoms with Crippen molar-refractivity contribution < 1.29 is 0 Å². The number of hydrogen-bond acceptors (Lipinski definition) is 2. The van der Waals surface area contributed by atoms with Crippen LogP contribution < -0.4 is 11.3 Å². The van der Waals surface area contributed by atoms with E-state index < -0.39 is 0 Å². The van der Waals surface area contributed by atoms with E-state index in [0.29, 0.717) is 12.0 Å². The molecule has 1 aromatic rings. The Labute approximate surface area is 104 Å². The minimum atomic E-state index is 0.491. The number of hydrogen-bond donors (Lipinski definition) is 2. The van der Waals surface area contributed by atoms with Gasteiger partial charge in [-0.2, -0.15) is 0 Å². The van der Waals surface area contributed by atoms with Gasteiger partial charge in [0, 0.05) is 12.0 Å². The van der Waals surface area contributed by atoms with Crippen molar-refractivity contribution in [2.24, 2.45) is 11.8 Å². The van der Waals surface area contributed by atoms with Crippen molar-refractivity contribution in [3.8, 4) is 0 Å². The van der Waals surface area contributed by atoms with Gasteiger partial charge in [-0.25, -0.2) is 0 Å². The molecule has 0 aliphatic heterocycles. The first-order valence-corrected chi connectivity index (χ1v) is 6.94. The Hall–Kier alpha value is -0.860. The van der Waals surface area contributed by atoms with Crippen molar-refractivity contribution >= 4 is 0 Å². The second kappa shape index (κ2) is 4.79. The standard InChI is InChI=1S/C15H22N2/c16-17-15(12-7-3-8-12)14-10-4-6-11-5-1-2-9-13(11)14/h1-2,5,9,12,14-15,17H,3-4,6-8,10,16H2. The van der Waals surface area contributed by atoms with Crippen molar-refractivity contribution in [2.75, 3.05) is 0 Å². The topological polar surface area (TPSA) is 38.0 Å². The summed E-state index contributed by atoms with van der Waals surface area (Å²) in [4.78, 5) is 0. The van der Waals surface area contributed by atoms with Gasteiger partial charge in [-0.15, -0.1) is 0 Å². The van der Waals surface area contributed by atoms with E-state index in [0.717, 1.165) is 5.92 Å². The van der Waals surface area contributed by atoms with E-state index in [9.17, 15) is 0 Å². The van der Waals surface area contributed by atoms with Gasteiger partial charge >= 0.3 is 0 Å². The molecule has 2 aliphatic carbocycles. The zero-order chi connectivity index (χ0) is 11.7. The molecule has 0 radical (unpaired) electrons. The zero-order valence-corrected chi connectivity index (χ0v) is 10.4. The number of hydrazine groups is 1. The van der Waals surface area contributed by atoms with Gasteiger partial charge in [0.25, 0.3) is 0 Å². The molecule has 1 saturated carbocycles. The van der Waals surface area contributed by atoms with E-state index in [2.05, 4.69) is 29.7 Å². The van der Waals surface area contributed by atoms with Crippen molar-refractivity contribution in [3.05, 3.63) is 35.4 Å². The molecule has 0 spiro atoms. The molecule has 3 rings (SSSR count). The van der Waals surface area contributed by atoms with Gasteiger partial charge in [0.2, 0.25) is 0 Å². The van der Waals surface area contributed by atoms with Crippen LogP contribution in [-0.2, 0) is 6.42 Å². The molecule has 0 heterocycles. The highest BCUT2D eigenvalue weighted by Crippen LogP contribution is 2.41. The lowest BCUT2D eigenvalue weighted by atomic mass is 9.69. The number of aryl methyl sites for hydroxylation is 1. The smallest absolute Gasteiger partial charge is 0.0307 e. The molecule has 0 amide bonds. The summed E-state index contributed by atoms with van der Waals surface area (Å²) in [5.74, 6) is 7.26. The van der Waals surface area contributed by atoms with Crippen LogP contribution in [0.1, 0.15) is 49.1 Å². The lowest BCUT2D eigenvalue weighted by Gasteiger charge is -2.40. The maximum Gasteiger partial charge on any atom is 0.0307 e. The van der Waals surface area contributed by atoms with E-state index >= 15 is 0 Å². The largest absolute Gasteiger partial charge is 0.271 e. The molecule has 0 saturated heterocycles. The average molecular weight is 230 g/mol. The van der Waals surface area contributed by atoms with Gasteiger partial charge < -0.3 is 0 Å². The monoisotopic (exact) mass is 230 g/mol. The number of rotatable bonds is 3. The van der Waals surface area contributed by atoms with E-state index in [1.807, 2.05) is 0 Å². The maximum absolute atomic E-state index is 5.82. The maximum atomic E-state index is 5.82. The van der Waals surface area contributed by atoms with Gasteiger partial charge in [0.1, 0.15) is 0 Å². The molecule has 2 aliphatic rings. The summed E-state index contributed by atoms with van der Waals surface area (Å²) in [6, 6.07) is 9.42. The molecular weight excluding hydrogens is 208 g/mol. The van der Waals surface area contributed by atoms with Gasteiger partial charge in [-0.1, -0.05) is 30.7 Å². The Morgan fingerprint density at radius 2 is 1.94 bits per heavy atom. The molecule has 1 fully saturated rings. The summed E-state index contributed by atoms with van der Waals surface area (Å²) >= 11 is 0.